The van der Waals surface area contributed by atoms with Gasteiger partial charge < -0.3 is 24.5 Å². The first-order chi connectivity index (χ1) is 18.9. The van der Waals surface area contributed by atoms with Gasteiger partial charge in [-0.2, -0.15) is 4.98 Å². The summed E-state index contributed by atoms with van der Waals surface area (Å²) in [5, 5.41) is 12.1. The molecule has 2 aliphatic rings. The summed E-state index contributed by atoms with van der Waals surface area (Å²) >= 11 is 0. The maximum atomic E-state index is 16.5. The maximum absolute atomic E-state index is 16.5. The van der Waals surface area contributed by atoms with Gasteiger partial charge in [0.1, 0.15) is 28.6 Å². The fourth-order valence-electron chi connectivity index (χ4n) is 5.47. The average Bonchev–Trinajstić information content (AvgIpc) is 3.45. The zero-order valence-electron chi connectivity index (χ0n) is 21.8. The zero-order chi connectivity index (χ0) is 27.3. The smallest absolute Gasteiger partial charge is 0.228 e. The minimum atomic E-state index is -0.691. The van der Waals surface area contributed by atoms with Gasteiger partial charge in [0, 0.05) is 43.8 Å². The molecule has 8 nitrogen and oxygen atoms in total. The van der Waals surface area contributed by atoms with Crippen LogP contribution < -0.4 is 9.80 Å². The van der Waals surface area contributed by atoms with Gasteiger partial charge in [0.05, 0.1) is 29.7 Å². The Morgan fingerprint density at radius 1 is 1.03 bits per heavy atom. The average molecular weight is 531 g/mol. The van der Waals surface area contributed by atoms with Gasteiger partial charge in [0.25, 0.3) is 0 Å². The highest BCUT2D eigenvalue weighted by atomic mass is 19.1. The van der Waals surface area contributed by atoms with Crippen molar-refractivity contribution in [1.29, 1.82) is 0 Å². The molecule has 0 unspecified atom stereocenters. The number of aromatic hydroxyl groups is 1. The number of terminal acetylenes is 1. The molecule has 2 saturated heterocycles. The number of phenols is 1. The Hall–Kier alpha value is -4.07. The fraction of sp³-hybridized carbons (Fsp3) is 0.345. The van der Waals surface area contributed by atoms with E-state index in [1.54, 1.807) is 6.20 Å². The minimum absolute atomic E-state index is 0.0404. The summed E-state index contributed by atoms with van der Waals surface area (Å²) in [6, 6.07) is 5.93. The quantitative estimate of drug-likeness (QED) is 0.400. The number of hydrogen-bond acceptors (Lipinski definition) is 8. The van der Waals surface area contributed by atoms with Crippen molar-refractivity contribution in [3.05, 3.63) is 47.7 Å². The van der Waals surface area contributed by atoms with E-state index in [0.717, 1.165) is 19.5 Å². The molecule has 39 heavy (non-hydrogen) atoms. The summed E-state index contributed by atoms with van der Waals surface area (Å²) in [4.78, 5) is 20.3. The molecule has 2 aromatic heterocycles. The van der Waals surface area contributed by atoms with Gasteiger partial charge in [-0.25, -0.2) is 13.8 Å². The molecular weight excluding hydrogens is 502 g/mol. The number of phenolic OH excluding ortho intramolecular Hbond substituents is 1. The molecule has 0 bridgehead atoms. The molecule has 0 spiro atoms. The minimum Gasteiger partial charge on any atom is -0.507 e. The van der Waals surface area contributed by atoms with E-state index in [0.29, 0.717) is 60.3 Å². The molecule has 10 heteroatoms. The number of anilines is 2. The van der Waals surface area contributed by atoms with Gasteiger partial charge in [0.15, 0.2) is 5.82 Å². The lowest BCUT2D eigenvalue weighted by Crippen LogP contribution is -2.37. The molecule has 2 fully saturated rings. The Morgan fingerprint density at radius 3 is 2.51 bits per heavy atom. The molecule has 4 heterocycles. The van der Waals surface area contributed by atoms with Crippen molar-refractivity contribution >= 4 is 33.4 Å². The molecule has 6 rings (SSSR count). The third-order valence-corrected chi connectivity index (χ3v) is 7.65. The third kappa shape index (κ3) is 4.28. The van der Waals surface area contributed by atoms with Crippen LogP contribution in [0.1, 0.15) is 12.0 Å². The summed E-state index contributed by atoms with van der Waals surface area (Å²) in [7, 11) is 4.08. The molecule has 0 aliphatic carbocycles. The predicted molar refractivity (Wildman–Crippen MR) is 147 cm³/mol. The number of likely N-dealkylation sites (N-methyl/N-ethyl adjacent to an activating group) is 1. The first kappa shape index (κ1) is 25.2. The molecule has 0 radical (unpaired) electrons. The number of rotatable bonds is 4. The largest absolute Gasteiger partial charge is 0.507 e. The van der Waals surface area contributed by atoms with Crippen molar-refractivity contribution in [3.63, 3.8) is 0 Å². The molecular formula is C29H28F2N6O2. The first-order valence-electron chi connectivity index (χ1n) is 12.9. The van der Waals surface area contributed by atoms with Crippen LogP contribution in [0.2, 0.25) is 0 Å². The summed E-state index contributed by atoms with van der Waals surface area (Å²) in [5.74, 6) is 1.95. The fourth-order valence-corrected chi connectivity index (χ4v) is 5.47. The number of nitrogens with zero attached hydrogens (tertiary/aromatic N) is 6. The second-order valence-electron chi connectivity index (χ2n) is 10.1. The normalized spacial score (nSPS) is 17.9. The topological polar surface area (TPSA) is 77.9 Å². The van der Waals surface area contributed by atoms with Gasteiger partial charge >= 0.3 is 0 Å². The van der Waals surface area contributed by atoms with Gasteiger partial charge in [-0.3, -0.25) is 4.98 Å². The number of hydrogen-bond donors (Lipinski definition) is 1. The van der Waals surface area contributed by atoms with E-state index in [1.807, 2.05) is 14.1 Å². The van der Waals surface area contributed by atoms with E-state index in [1.165, 1.54) is 24.3 Å². The van der Waals surface area contributed by atoms with Crippen molar-refractivity contribution in [1.82, 2.24) is 19.9 Å². The second kappa shape index (κ2) is 9.91. The molecule has 1 atom stereocenters. The van der Waals surface area contributed by atoms with Crippen LogP contribution in [0.15, 0.2) is 30.5 Å². The van der Waals surface area contributed by atoms with Crippen molar-refractivity contribution < 1.29 is 18.6 Å². The number of aromatic nitrogens is 3. The van der Waals surface area contributed by atoms with E-state index in [9.17, 15) is 9.50 Å². The van der Waals surface area contributed by atoms with Crippen molar-refractivity contribution in [3.8, 4) is 29.4 Å². The van der Waals surface area contributed by atoms with E-state index in [4.69, 9.17) is 21.1 Å². The van der Waals surface area contributed by atoms with Gasteiger partial charge in [-0.15, -0.1) is 6.42 Å². The van der Waals surface area contributed by atoms with Crippen LogP contribution in [-0.2, 0) is 4.74 Å². The number of fused-ring (bicyclic) bond motifs is 2. The lowest BCUT2D eigenvalue weighted by atomic mass is 9.96. The summed E-state index contributed by atoms with van der Waals surface area (Å²) in [6.45, 7) is 3.78. The first-order valence-corrected chi connectivity index (χ1v) is 12.9. The van der Waals surface area contributed by atoms with E-state index >= 15 is 4.39 Å². The molecule has 0 amide bonds. The molecule has 0 saturated carbocycles. The van der Waals surface area contributed by atoms with Crippen LogP contribution in [-0.4, -0.2) is 84.5 Å². The molecule has 200 valence electrons. The SMILES string of the molecule is C#Cc1c(F)ccc2c(-c3ncc4c(N5CCOCC5)nc(N5CC[C@H](N(C)C)C5)nc4c3F)c(O)ccc12. The predicted octanol–water partition coefficient (Wildman–Crippen LogP) is 3.79. The lowest BCUT2D eigenvalue weighted by molar-refractivity contribution is 0.122. The van der Waals surface area contributed by atoms with E-state index < -0.39 is 11.6 Å². The highest BCUT2D eigenvalue weighted by Gasteiger charge is 2.29. The van der Waals surface area contributed by atoms with Crippen LogP contribution in [0.5, 0.6) is 5.75 Å². The Morgan fingerprint density at radius 2 is 1.79 bits per heavy atom. The van der Waals surface area contributed by atoms with Gasteiger partial charge in [-0.05, 0) is 44.1 Å². The molecule has 4 aromatic rings. The monoisotopic (exact) mass is 530 g/mol. The number of ether oxygens (including phenoxy) is 1. The van der Waals surface area contributed by atoms with Crippen molar-refractivity contribution in [2.45, 2.75) is 12.5 Å². The van der Waals surface area contributed by atoms with E-state index in [-0.39, 0.29) is 28.1 Å². The Kier molecular flexibility index (Phi) is 6.41. The highest BCUT2D eigenvalue weighted by Crippen LogP contribution is 2.40. The maximum Gasteiger partial charge on any atom is 0.228 e. The Labute approximate surface area is 224 Å². The standard InChI is InChI=1S/C29H28F2N6O2/c1-4-18-19-6-8-23(38)24(20(19)5-7-22(18)30)27-25(31)26-21(15-32-27)28(36-11-13-39-14-12-36)34-29(33-26)37-10-9-17(16-37)35(2)3/h1,5-8,15,17,38H,9-14,16H2,2-3H3/t17-/m0/s1. The van der Waals surface area contributed by atoms with Crippen LogP contribution >= 0.6 is 0 Å². The number of morpholine rings is 1. The summed E-state index contributed by atoms with van der Waals surface area (Å²) in [6.07, 6.45) is 8.05. The van der Waals surface area contributed by atoms with Crippen LogP contribution in [0.25, 0.3) is 32.9 Å². The van der Waals surface area contributed by atoms with Crippen molar-refractivity contribution in [2.75, 3.05) is 63.3 Å². The lowest BCUT2D eigenvalue weighted by Gasteiger charge is -2.30. The van der Waals surface area contributed by atoms with Crippen molar-refractivity contribution in [2.24, 2.45) is 0 Å². The Bertz CT molecular complexity index is 1630. The van der Waals surface area contributed by atoms with Crippen LogP contribution in [0.4, 0.5) is 20.5 Å². The second-order valence-corrected chi connectivity index (χ2v) is 10.1. The number of benzene rings is 2. The summed E-state index contributed by atoms with van der Waals surface area (Å²) < 4.78 is 36.4. The number of halogens is 2. The van der Waals surface area contributed by atoms with Crippen LogP contribution in [0, 0.1) is 24.0 Å². The molecule has 2 aliphatic heterocycles. The third-order valence-electron chi connectivity index (χ3n) is 7.65. The van der Waals surface area contributed by atoms with E-state index in [2.05, 4.69) is 25.6 Å². The molecule has 1 N–H and O–H groups in total. The van der Waals surface area contributed by atoms with Gasteiger partial charge in [-0.1, -0.05) is 12.0 Å². The Balaban J connectivity index is 1.57. The number of pyridine rings is 1. The van der Waals surface area contributed by atoms with Gasteiger partial charge in [0.2, 0.25) is 5.95 Å². The highest BCUT2D eigenvalue weighted by molar-refractivity contribution is 6.03. The zero-order valence-corrected chi connectivity index (χ0v) is 21.8. The summed E-state index contributed by atoms with van der Waals surface area (Å²) in [5.41, 5.74) is 0.185. The van der Waals surface area contributed by atoms with Crippen LogP contribution in [0.3, 0.4) is 0 Å². The molecule has 2 aromatic carbocycles.